The fourth-order valence-electron chi connectivity index (χ4n) is 7.46. The Morgan fingerprint density at radius 3 is 1.48 bits per heavy atom. The number of benzene rings is 6. The molecule has 0 N–H and O–H groups in total. The fraction of sp³-hybridized carbons (Fsp3) is 0. The summed E-state index contributed by atoms with van der Waals surface area (Å²) in [4.78, 5) is 18.9. The van der Waals surface area contributed by atoms with Crippen LogP contribution in [-0.4, -0.2) is 27.8 Å². The monoisotopic (exact) mass is 696 g/mol. The number of hydrogen-bond donors (Lipinski definition) is 0. The lowest BCUT2D eigenvalue weighted by atomic mass is 9.96. The van der Waals surface area contributed by atoms with Gasteiger partial charge in [0.05, 0.1) is 0 Å². The first-order valence-electron chi connectivity index (χ1n) is 16.0. The molecule has 14 heteroatoms. The molecular weight excluding hydrogens is 681 g/mol. The van der Waals surface area contributed by atoms with Crippen LogP contribution in [0.2, 0.25) is 0 Å². The number of aromatic nitrogens is 2. The zero-order valence-electron chi connectivity index (χ0n) is 26.1. The van der Waals surface area contributed by atoms with Crippen molar-refractivity contribution in [2.24, 2.45) is 20.0 Å². The largest absolute Gasteiger partial charge is 0.633 e. The van der Waals surface area contributed by atoms with Crippen LogP contribution in [-0.2, 0) is 0 Å². The van der Waals surface area contributed by atoms with Crippen molar-refractivity contribution in [2.45, 2.75) is 0 Å². The van der Waals surface area contributed by atoms with Crippen LogP contribution in [0.5, 0.6) is 5.75 Å². The molecule has 6 aromatic carbocycles. The van der Waals surface area contributed by atoms with Gasteiger partial charge in [0.15, 0.2) is 46.6 Å². The van der Waals surface area contributed by atoms with Crippen molar-refractivity contribution in [3.8, 4) is 5.75 Å². The number of amidine groups is 2. The van der Waals surface area contributed by atoms with Crippen LogP contribution in [0.4, 0.5) is 38.0 Å². The Balaban J connectivity index is 1.36. The molecule has 0 saturated heterocycles. The Morgan fingerprint density at radius 1 is 0.442 bits per heavy atom. The highest BCUT2D eigenvalue weighted by molar-refractivity contribution is 6.53. The number of fused-ring (bicyclic) bond motifs is 12. The minimum Gasteiger partial charge on any atom is -0.521 e. The van der Waals surface area contributed by atoms with Crippen molar-refractivity contribution in [1.82, 2.24) is 8.96 Å². The average molecular weight is 696 g/mol. The molecule has 0 spiro atoms. The predicted octanol–water partition coefficient (Wildman–Crippen LogP) is 7.93. The van der Waals surface area contributed by atoms with Crippen LogP contribution < -0.4 is 15.6 Å². The zero-order chi connectivity index (χ0) is 35.2. The normalized spacial score (nSPS) is 15.7. The van der Waals surface area contributed by atoms with E-state index in [0.717, 1.165) is 57.9 Å². The van der Waals surface area contributed by atoms with E-state index in [4.69, 9.17) is 19.6 Å². The quantitative estimate of drug-likeness (QED) is 0.103. The number of halogens is 6. The zero-order valence-corrected chi connectivity index (χ0v) is 26.1. The van der Waals surface area contributed by atoms with E-state index in [1.807, 2.05) is 54.6 Å². The van der Waals surface area contributed by atoms with Gasteiger partial charge in [-0.1, -0.05) is 48.5 Å². The third-order valence-electron chi connectivity index (χ3n) is 9.77. The van der Waals surface area contributed by atoms with Crippen molar-refractivity contribution in [1.29, 1.82) is 0 Å². The summed E-state index contributed by atoms with van der Waals surface area (Å²) in [7, 11) is -1.35. The molecule has 4 bridgehead atoms. The second-order valence-electron chi connectivity index (χ2n) is 12.7. The van der Waals surface area contributed by atoms with Gasteiger partial charge in [-0.3, -0.25) is 8.96 Å². The van der Waals surface area contributed by atoms with Gasteiger partial charge in [-0.25, -0.2) is 46.3 Å². The first-order chi connectivity index (χ1) is 25.2. The van der Waals surface area contributed by atoms with Gasteiger partial charge >= 0.3 is 7.19 Å². The number of hydrogen-bond acceptors (Lipinski definition) is 5. The number of aliphatic imine (C=N–C) groups is 2. The molecule has 11 rings (SSSR count). The lowest BCUT2D eigenvalue weighted by molar-refractivity contribution is 0.508. The van der Waals surface area contributed by atoms with E-state index in [1.54, 1.807) is 0 Å². The molecular formula is C38H15BF6N6O. The van der Waals surface area contributed by atoms with Gasteiger partial charge in [0, 0.05) is 43.4 Å². The van der Waals surface area contributed by atoms with Crippen LogP contribution in [0.3, 0.4) is 0 Å². The van der Waals surface area contributed by atoms with Crippen LogP contribution in [0.1, 0.15) is 11.1 Å². The summed E-state index contributed by atoms with van der Waals surface area (Å²) >= 11 is 0. The van der Waals surface area contributed by atoms with E-state index in [1.165, 1.54) is 8.96 Å². The molecule has 0 fully saturated rings. The summed E-state index contributed by atoms with van der Waals surface area (Å²) < 4.78 is 99.9. The maximum absolute atomic E-state index is 15.1. The number of rotatable bonds is 2. The van der Waals surface area contributed by atoms with Crippen LogP contribution in [0, 0.1) is 34.9 Å². The molecule has 0 radical (unpaired) electrons. The third kappa shape index (κ3) is 3.77. The summed E-state index contributed by atoms with van der Waals surface area (Å²) in [5.41, 5.74) is 0.182. The Hall–Kier alpha value is -6.70. The van der Waals surface area contributed by atoms with E-state index in [-0.39, 0.29) is 67.0 Å². The van der Waals surface area contributed by atoms with Gasteiger partial charge < -0.3 is 4.65 Å². The van der Waals surface area contributed by atoms with E-state index in [2.05, 4.69) is 4.99 Å². The topological polar surface area (TPSA) is 68.5 Å². The average Bonchev–Trinajstić information content (AvgIpc) is 3.72. The van der Waals surface area contributed by atoms with Crippen LogP contribution in [0.25, 0.3) is 43.1 Å². The van der Waals surface area contributed by atoms with Crippen LogP contribution >= 0.6 is 0 Å². The molecule has 3 aliphatic heterocycles. The second kappa shape index (κ2) is 9.97. The Kier molecular flexibility index (Phi) is 5.57. The smallest absolute Gasteiger partial charge is 0.521 e. The molecule has 2 aromatic heterocycles. The van der Waals surface area contributed by atoms with Gasteiger partial charge in [0.25, 0.3) is 0 Å². The van der Waals surface area contributed by atoms with Gasteiger partial charge in [-0.05, 0) is 53.2 Å². The molecule has 8 aromatic rings. The maximum atomic E-state index is 15.1. The SMILES string of the molecule is Fc1cc2c(cc1F)/C1=N/c3c4cc(F)c(F)cc4c4n3B(Oc3c5ccccc5cc5ccccc35)n3c(c5cc(F)c(F)cc5/c3=N/C2=N1)=N4. The first kappa shape index (κ1) is 29.1. The summed E-state index contributed by atoms with van der Waals surface area (Å²) in [5, 5.41) is 3.55. The molecule has 0 aliphatic carbocycles. The van der Waals surface area contributed by atoms with Crippen molar-refractivity contribution in [3.63, 3.8) is 0 Å². The molecule has 5 heterocycles. The highest BCUT2D eigenvalue weighted by Crippen LogP contribution is 2.43. The van der Waals surface area contributed by atoms with Gasteiger partial charge in [0.2, 0.25) is 0 Å². The molecule has 7 nitrogen and oxygen atoms in total. The van der Waals surface area contributed by atoms with Crippen molar-refractivity contribution in [2.75, 3.05) is 0 Å². The van der Waals surface area contributed by atoms with E-state index < -0.39 is 42.1 Å². The fourth-order valence-corrected chi connectivity index (χ4v) is 7.46. The van der Waals surface area contributed by atoms with E-state index in [0.29, 0.717) is 5.75 Å². The van der Waals surface area contributed by atoms with Crippen molar-refractivity contribution in [3.05, 3.63) is 148 Å². The number of nitrogens with zero attached hydrogens (tertiary/aromatic N) is 6. The van der Waals surface area contributed by atoms with E-state index in [9.17, 15) is 8.78 Å². The Morgan fingerprint density at radius 2 is 0.904 bits per heavy atom. The molecule has 248 valence electrons. The summed E-state index contributed by atoms with van der Waals surface area (Å²) in [6.07, 6.45) is 0. The standard InChI is InChI=1S/C38H15BF6N6O/c40-26-10-20-21(11-27(26)41)34-46-33(20)47-35-22-12-28(42)30(44)14-24(22)37-49-38-25-15-31(45)29(43)13-23(25)36(48-34)51(38)39(50(35)37)52-32-18-7-3-1-5-16(18)9-17-6-2-4-8-19(17)32/h1-15H/b47-33-,47-35?,48-34?,48-36-. The minimum atomic E-state index is -1.35. The summed E-state index contributed by atoms with van der Waals surface area (Å²) in [6.45, 7) is 0. The van der Waals surface area contributed by atoms with E-state index >= 15 is 17.6 Å². The third-order valence-corrected chi connectivity index (χ3v) is 9.77. The Labute approximate surface area is 286 Å². The van der Waals surface area contributed by atoms with Gasteiger partial charge in [0.1, 0.15) is 28.4 Å². The molecule has 3 aliphatic rings. The van der Waals surface area contributed by atoms with Gasteiger partial charge in [-0.15, -0.1) is 0 Å². The molecule has 0 unspecified atom stereocenters. The molecule has 0 atom stereocenters. The van der Waals surface area contributed by atoms with Crippen molar-refractivity contribution < 1.29 is 31.0 Å². The lowest BCUT2D eigenvalue weighted by Crippen LogP contribution is -2.52. The summed E-state index contributed by atoms with van der Waals surface area (Å²) in [5.74, 6) is -6.81. The minimum absolute atomic E-state index is 0.00788. The van der Waals surface area contributed by atoms with Crippen LogP contribution in [0.15, 0.2) is 111 Å². The Bertz CT molecular complexity index is 3150. The highest BCUT2D eigenvalue weighted by Gasteiger charge is 2.41. The second-order valence-corrected chi connectivity index (χ2v) is 12.7. The first-order valence-corrected chi connectivity index (χ1v) is 16.0. The highest BCUT2D eigenvalue weighted by atomic mass is 19.2. The molecule has 0 amide bonds. The summed E-state index contributed by atoms with van der Waals surface area (Å²) in [6, 6.07) is 22.8. The predicted molar refractivity (Wildman–Crippen MR) is 183 cm³/mol. The lowest BCUT2D eigenvalue weighted by Gasteiger charge is -2.24. The van der Waals surface area contributed by atoms with Crippen molar-refractivity contribution >= 4 is 73.6 Å². The molecule has 0 saturated carbocycles. The molecule has 52 heavy (non-hydrogen) atoms. The maximum Gasteiger partial charge on any atom is 0.633 e. The van der Waals surface area contributed by atoms with Gasteiger partial charge in [-0.2, -0.15) is 0 Å².